The average Bonchev–Trinajstić information content (AvgIpc) is 2.83. The molecular weight excluding hydrogens is 258 g/mol. The van der Waals surface area contributed by atoms with Crippen LogP contribution in [0.2, 0.25) is 0 Å². The Morgan fingerprint density at radius 1 is 1.21 bits per heavy atom. The van der Waals surface area contributed by atoms with E-state index in [9.17, 15) is 4.79 Å². The molecule has 0 aliphatic carbocycles. The molecule has 94 valence electrons. The van der Waals surface area contributed by atoms with Crippen molar-refractivity contribution in [2.24, 2.45) is 0 Å². The van der Waals surface area contributed by atoms with E-state index in [2.05, 4.69) is 15.0 Å². The zero-order valence-electron chi connectivity index (χ0n) is 10.3. The van der Waals surface area contributed by atoms with E-state index < -0.39 is 0 Å². The van der Waals surface area contributed by atoms with Crippen LogP contribution in [0.25, 0.3) is 11.0 Å². The van der Waals surface area contributed by atoms with Crippen LogP contribution in [-0.4, -0.2) is 20.7 Å². The Bertz CT molecular complexity index is 751. The summed E-state index contributed by atoms with van der Waals surface area (Å²) in [5, 5.41) is 2.76. The van der Waals surface area contributed by atoms with Crippen LogP contribution in [-0.2, 0) is 6.42 Å². The van der Waals surface area contributed by atoms with Crippen LogP contribution in [0, 0.1) is 6.92 Å². The molecular formula is C14H11N3OS. The van der Waals surface area contributed by atoms with Crippen LogP contribution in [0.3, 0.4) is 0 Å². The van der Waals surface area contributed by atoms with Gasteiger partial charge in [0.15, 0.2) is 5.78 Å². The van der Waals surface area contributed by atoms with Gasteiger partial charge in [-0.3, -0.25) is 9.78 Å². The van der Waals surface area contributed by atoms with E-state index in [-0.39, 0.29) is 12.2 Å². The second-order valence-corrected chi connectivity index (χ2v) is 5.17. The number of benzene rings is 1. The van der Waals surface area contributed by atoms with Gasteiger partial charge < -0.3 is 0 Å². The summed E-state index contributed by atoms with van der Waals surface area (Å²) in [5.41, 5.74) is 2.87. The molecule has 19 heavy (non-hydrogen) atoms. The highest BCUT2D eigenvalue weighted by atomic mass is 32.1. The van der Waals surface area contributed by atoms with E-state index in [1.54, 1.807) is 0 Å². The highest BCUT2D eigenvalue weighted by Crippen LogP contribution is 2.13. The molecule has 5 heteroatoms. The number of para-hydroxylation sites is 2. The molecule has 0 aliphatic rings. The molecule has 3 rings (SSSR count). The SMILES string of the molecule is Cc1csc(CC(=O)c2cnc3ccccc3n2)n1. The van der Waals surface area contributed by atoms with Gasteiger partial charge in [0.25, 0.3) is 0 Å². The number of hydrogen-bond donors (Lipinski definition) is 0. The number of aromatic nitrogens is 3. The van der Waals surface area contributed by atoms with E-state index in [0.29, 0.717) is 5.69 Å². The highest BCUT2D eigenvalue weighted by Gasteiger charge is 2.12. The first kappa shape index (κ1) is 11.9. The Balaban J connectivity index is 1.89. The molecule has 0 unspecified atom stereocenters. The van der Waals surface area contributed by atoms with Gasteiger partial charge in [0.1, 0.15) is 10.7 Å². The molecule has 2 aromatic heterocycles. The van der Waals surface area contributed by atoms with Crippen molar-refractivity contribution in [3.8, 4) is 0 Å². The fraction of sp³-hybridized carbons (Fsp3) is 0.143. The summed E-state index contributed by atoms with van der Waals surface area (Å²) in [7, 11) is 0. The van der Waals surface area contributed by atoms with Gasteiger partial charge >= 0.3 is 0 Å². The van der Waals surface area contributed by atoms with Crippen molar-refractivity contribution in [1.29, 1.82) is 0 Å². The highest BCUT2D eigenvalue weighted by molar-refractivity contribution is 7.09. The number of Topliss-reactive ketones (excluding diaryl/α,β-unsaturated/α-hetero) is 1. The van der Waals surface area contributed by atoms with Crippen LogP contribution in [0.5, 0.6) is 0 Å². The maximum Gasteiger partial charge on any atom is 0.189 e. The molecule has 0 amide bonds. The van der Waals surface area contributed by atoms with Crippen LogP contribution >= 0.6 is 11.3 Å². The molecule has 0 saturated heterocycles. The number of hydrogen-bond acceptors (Lipinski definition) is 5. The molecule has 0 saturated carbocycles. The molecule has 2 heterocycles. The summed E-state index contributed by atoms with van der Waals surface area (Å²) in [6.07, 6.45) is 1.82. The standard InChI is InChI=1S/C14H11N3OS/c1-9-8-19-14(16-9)6-13(18)12-7-15-10-4-2-3-5-11(10)17-12/h2-5,7-8H,6H2,1H3. The lowest BCUT2D eigenvalue weighted by Gasteiger charge is -2.00. The zero-order chi connectivity index (χ0) is 13.2. The minimum absolute atomic E-state index is 0.0485. The van der Waals surface area contributed by atoms with Crippen molar-refractivity contribution in [3.63, 3.8) is 0 Å². The molecule has 3 aromatic rings. The fourth-order valence-corrected chi connectivity index (χ4v) is 2.57. The Hall–Kier alpha value is -2.14. The normalized spacial score (nSPS) is 10.8. The number of fused-ring (bicyclic) bond motifs is 1. The van der Waals surface area contributed by atoms with E-state index >= 15 is 0 Å². The van der Waals surface area contributed by atoms with Crippen molar-refractivity contribution >= 4 is 28.2 Å². The Labute approximate surface area is 114 Å². The van der Waals surface area contributed by atoms with Crippen LogP contribution in [0.4, 0.5) is 0 Å². The third-order valence-corrected chi connectivity index (χ3v) is 3.68. The molecule has 0 atom stereocenters. The van der Waals surface area contributed by atoms with E-state index in [0.717, 1.165) is 21.7 Å². The zero-order valence-corrected chi connectivity index (χ0v) is 11.1. The van der Waals surface area contributed by atoms with Gasteiger partial charge in [-0.15, -0.1) is 11.3 Å². The first-order valence-electron chi connectivity index (χ1n) is 5.88. The van der Waals surface area contributed by atoms with Crippen LogP contribution in [0.1, 0.15) is 21.2 Å². The van der Waals surface area contributed by atoms with Crippen molar-refractivity contribution in [2.45, 2.75) is 13.3 Å². The first-order chi connectivity index (χ1) is 9.22. The largest absolute Gasteiger partial charge is 0.292 e. The topological polar surface area (TPSA) is 55.7 Å². The summed E-state index contributed by atoms with van der Waals surface area (Å²) < 4.78 is 0. The lowest BCUT2D eigenvalue weighted by atomic mass is 10.2. The Morgan fingerprint density at radius 2 is 2.00 bits per heavy atom. The fourth-order valence-electron chi connectivity index (χ4n) is 1.80. The van der Waals surface area contributed by atoms with Crippen LogP contribution in [0.15, 0.2) is 35.8 Å². The summed E-state index contributed by atoms with van der Waals surface area (Å²) in [6, 6.07) is 7.51. The van der Waals surface area contributed by atoms with E-state index in [1.165, 1.54) is 17.5 Å². The summed E-state index contributed by atoms with van der Waals surface area (Å²) >= 11 is 1.50. The number of ketones is 1. The van der Waals surface area contributed by atoms with Gasteiger partial charge in [0, 0.05) is 11.1 Å². The second kappa shape index (κ2) is 4.85. The molecule has 0 radical (unpaired) electrons. The summed E-state index contributed by atoms with van der Waals surface area (Å²) in [6.45, 7) is 1.92. The molecule has 0 aliphatic heterocycles. The predicted molar refractivity (Wildman–Crippen MR) is 74.4 cm³/mol. The number of carbonyl (C=O) groups excluding carboxylic acids is 1. The molecule has 0 N–H and O–H groups in total. The van der Waals surface area contributed by atoms with Crippen LogP contribution < -0.4 is 0 Å². The van der Waals surface area contributed by atoms with Crippen molar-refractivity contribution in [2.75, 3.05) is 0 Å². The average molecular weight is 269 g/mol. The molecule has 0 bridgehead atoms. The lowest BCUT2D eigenvalue weighted by molar-refractivity contribution is 0.0988. The predicted octanol–water partition coefficient (Wildman–Crippen LogP) is 2.82. The first-order valence-corrected chi connectivity index (χ1v) is 6.76. The minimum Gasteiger partial charge on any atom is -0.292 e. The molecule has 1 aromatic carbocycles. The van der Waals surface area contributed by atoms with Crippen molar-refractivity contribution < 1.29 is 4.79 Å². The van der Waals surface area contributed by atoms with Gasteiger partial charge in [-0.1, -0.05) is 12.1 Å². The lowest BCUT2D eigenvalue weighted by Crippen LogP contribution is -2.06. The number of thiazole rings is 1. The van der Waals surface area contributed by atoms with Gasteiger partial charge in [0.05, 0.1) is 23.7 Å². The maximum absolute atomic E-state index is 12.1. The van der Waals surface area contributed by atoms with Gasteiger partial charge in [-0.2, -0.15) is 0 Å². The smallest absolute Gasteiger partial charge is 0.189 e. The quantitative estimate of drug-likeness (QED) is 0.686. The molecule has 0 spiro atoms. The monoisotopic (exact) mass is 269 g/mol. The van der Waals surface area contributed by atoms with Gasteiger partial charge in [0.2, 0.25) is 0 Å². The van der Waals surface area contributed by atoms with Crippen molar-refractivity contribution in [3.05, 3.63) is 52.2 Å². The second-order valence-electron chi connectivity index (χ2n) is 4.23. The third kappa shape index (κ3) is 2.51. The number of rotatable bonds is 3. The van der Waals surface area contributed by atoms with Crippen molar-refractivity contribution in [1.82, 2.24) is 15.0 Å². The number of aryl methyl sites for hydroxylation is 1. The third-order valence-electron chi connectivity index (χ3n) is 2.71. The number of carbonyl (C=O) groups is 1. The molecule has 0 fully saturated rings. The Kier molecular flexibility index (Phi) is 3.05. The van der Waals surface area contributed by atoms with Gasteiger partial charge in [-0.25, -0.2) is 9.97 Å². The number of nitrogens with zero attached hydrogens (tertiary/aromatic N) is 3. The van der Waals surface area contributed by atoms with Gasteiger partial charge in [-0.05, 0) is 19.1 Å². The van der Waals surface area contributed by atoms with E-state index in [1.807, 2.05) is 36.6 Å². The minimum atomic E-state index is -0.0485. The summed E-state index contributed by atoms with van der Waals surface area (Å²) in [5.74, 6) is -0.0485. The maximum atomic E-state index is 12.1. The Morgan fingerprint density at radius 3 is 2.74 bits per heavy atom. The summed E-state index contributed by atoms with van der Waals surface area (Å²) in [4.78, 5) is 25.0. The van der Waals surface area contributed by atoms with E-state index in [4.69, 9.17) is 0 Å². The molecule has 4 nitrogen and oxygen atoms in total.